The number of carbonyl (C=O) groups is 3. The summed E-state index contributed by atoms with van der Waals surface area (Å²) in [6.45, 7) is 1.24. The number of carbonyl (C=O) groups excluding carboxylic acids is 3. The van der Waals surface area contributed by atoms with Crippen LogP contribution in [0.5, 0.6) is 0 Å². The van der Waals surface area contributed by atoms with E-state index in [1.54, 1.807) is 27.7 Å². The van der Waals surface area contributed by atoms with Gasteiger partial charge in [0, 0.05) is 18.8 Å². The zero-order valence-corrected chi connectivity index (χ0v) is 13.5. The molecule has 9 nitrogen and oxygen atoms in total. The van der Waals surface area contributed by atoms with Crippen LogP contribution in [0.4, 0.5) is 5.69 Å². The number of nitrogens with zero attached hydrogens (tertiary/aromatic N) is 4. The van der Waals surface area contributed by atoms with Gasteiger partial charge in [0.2, 0.25) is 5.91 Å². The Labute approximate surface area is 144 Å². The molecule has 1 aromatic carbocycles. The second-order valence-electron chi connectivity index (χ2n) is 5.64. The fourth-order valence-electron chi connectivity index (χ4n) is 2.58. The van der Waals surface area contributed by atoms with Crippen LogP contribution >= 0.6 is 0 Å². The molecule has 2 heterocycles. The second-order valence-corrected chi connectivity index (χ2v) is 5.64. The monoisotopic (exact) mass is 342 g/mol. The molecule has 1 fully saturated rings. The Bertz CT molecular complexity index is 768. The molecular formula is C16H18N6O3. The van der Waals surface area contributed by atoms with E-state index in [9.17, 15) is 14.4 Å². The maximum atomic E-state index is 12.0. The Kier molecular flexibility index (Phi) is 5.03. The quantitative estimate of drug-likeness (QED) is 0.757. The fraction of sp³-hybridized carbons (Fsp3) is 0.312. The summed E-state index contributed by atoms with van der Waals surface area (Å²) in [6.07, 6.45) is 5.00. The first-order valence-corrected chi connectivity index (χ1v) is 7.95. The fourth-order valence-corrected chi connectivity index (χ4v) is 2.58. The van der Waals surface area contributed by atoms with Crippen LogP contribution in [0, 0.1) is 0 Å². The number of anilines is 1. The number of rotatable bonds is 4. The Morgan fingerprint density at radius 2 is 1.76 bits per heavy atom. The maximum Gasteiger partial charge on any atom is 0.313 e. The number of aromatic nitrogens is 3. The standard InChI is InChI=1S/C16H18N6O3/c23-14(21-6-1-2-7-21)9-17-15(24)16(25)20-12-4-3-5-13(8-12)22-10-18-19-11-22/h3-5,8,10-11H,1-2,6-7,9H2,(H,17,24)(H,20,25). The van der Waals surface area contributed by atoms with Gasteiger partial charge in [0.05, 0.1) is 12.2 Å². The van der Waals surface area contributed by atoms with Gasteiger partial charge < -0.3 is 15.5 Å². The van der Waals surface area contributed by atoms with Crippen LogP contribution in [0.3, 0.4) is 0 Å². The van der Waals surface area contributed by atoms with Gasteiger partial charge in [-0.1, -0.05) is 6.07 Å². The van der Waals surface area contributed by atoms with E-state index in [2.05, 4.69) is 20.8 Å². The van der Waals surface area contributed by atoms with Gasteiger partial charge in [-0.2, -0.15) is 0 Å². The van der Waals surface area contributed by atoms with E-state index in [0.717, 1.165) is 18.5 Å². The average molecular weight is 342 g/mol. The molecular weight excluding hydrogens is 324 g/mol. The molecule has 0 aliphatic carbocycles. The highest BCUT2D eigenvalue weighted by atomic mass is 16.2. The van der Waals surface area contributed by atoms with Crippen molar-refractivity contribution < 1.29 is 14.4 Å². The number of hydrogen-bond donors (Lipinski definition) is 2. The van der Waals surface area contributed by atoms with Crippen molar-refractivity contribution >= 4 is 23.4 Å². The van der Waals surface area contributed by atoms with E-state index in [4.69, 9.17) is 0 Å². The first kappa shape index (κ1) is 16.6. The van der Waals surface area contributed by atoms with Gasteiger partial charge in [-0.25, -0.2) is 0 Å². The lowest BCUT2D eigenvalue weighted by Gasteiger charge is -2.15. The van der Waals surface area contributed by atoms with Crippen molar-refractivity contribution in [2.75, 3.05) is 25.0 Å². The topological polar surface area (TPSA) is 109 Å². The zero-order chi connectivity index (χ0) is 17.6. The summed E-state index contributed by atoms with van der Waals surface area (Å²) in [7, 11) is 0. The van der Waals surface area contributed by atoms with E-state index in [0.29, 0.717) is 18.8 Å². The van der Waals surface area contributed by atoms with Crippen molar-refractivity contribution in [3.63, 3.8) is 0 Å². The van der Waals surface area contributed by atoms with Crippen LogP contribution in [0.15, 0.2) is 36.9 Å². The Morgan fingerprint density at radius 1 is 1.04 bits per heavy atom. The van der Waals surface area contributed by atoms with Crippen molar-refractivity contribution in [2.24, 2.45) is 0 Å². The molecule has 0 radical (unpaired) electrons. The van der Waals surface area contributed by atoms with Gasteiger partial charge in [-0.3, -0.25) is 19.0 Å². The molecule has 2 N–H and O–H groups in total. The number of hydrogen-bond acceptors (Lipinski definition) is 5. The van der Waals surface area contributed by atoms with Crippen LogP contribution < -0.4 is 10.6 Å². The molecule has 0 atom stereocenters. The molecule has 3 amide bonds. The highest BCUT2D eigenvalue weighted by Gasteiger charge is 2.20. The number of benzene rings is 1. The molecule has 1 aliphatic heterocycles. The molecule has 0 saturated carbocycles. The van der Waals surface area contributed by atoms with Crippen LogP contribution in [-0.4, -0.2) is 57.0 Å². The first-order valence-electron chi connectivity index (χ1n) is 7.95. The van der Waals surface area contributed by atoms with Crippen molar-refractivity contribution in [1.29, 1.82) is 0 Å². The number of likely N-dealkylation sites (tertiary alicyclic amines) is 1. The number of nitrogens with one attached hydrogen (secondary N) is 2. The van der Waals surface area contributed by atoms with Crippen LogP contribution in [0.2, 0.25) is 0 Å². The summed E-state index contributed by atoms with van der Waals surface area (Å²) in [5, 5.41) is 12.3. The van der Waals surface area contributed by atoms with Gasteiger partial charge in [-0.05, 0) is 31.0 Å². The smallest absolute Gasteiger partial charge is 0.313 e. The maximum absolute atomic E-state index is 12.0. The van der Waals surface area contributed by atoms with Gasteiger partial charge in [0.25, 0.3) is 0 Å². The lowest BCUT2D eigenvalue weighted by atomic mass is 10.2. The van der Waals surface area contributed by atoms with Gasteiger partial charge in [-0.15, -0.1) is 10.2 Å². The van der Waals surface area contributed by atoms with Crippen molar-refractivity contribution in [3.8, 4) is 5.69 Å². The minimum atomic E-state index is -0.845. The molecule has 1 saturated heterocycles. The van der Waals surface area contributed by atoms with Crippen molar-refractivity contribution in [3.05, 3.63) is 36.9 Å². The lowest BCUT2D eigenvalue weighted by molar-refractivity contribution is -0.138. The predicted octanol–water partition coefficient (Wildman–Crippen LogP) is -0.0556. The molecule has 3 rings (SSSR count). The van der Waals surface area contributed by atoms with Gasteiger partial charge in [0.1, 0.15) is 12.7 Å². The third-order valence-electron chi connectivity index (χ3n) is 3.89. The molecule has 0 unspecified atom stereocenters. The van der Waals surface area contributed by atoms with Crippen LogP contribution in [0.1, 0.15) is 12.8 Å². The molecule has 9 heteroatoms. The minimum absolute atomic E-state index is 0.173. The van der Waals surface area contributed by atoms with E-state index in [-0.39, 0.29) is 12.5 Å². The van der Waals surface area contributed by atoms with Crippen LogP contribution in [0.25, 0.3) is 5.69 Å². The van der Waals surface area contributed by atoms with E-state index in [1.165, 1.54) is 12.7 Å². The first-order chi connectivity index (χ1) is 12.1. The summed E-state index contributed by atoms with van der Waals surface area (Å²) in [6, 6.07) is 6.89. The molecule has 2 aromatic rings. The molecule has 25 heavy (non-hydrogen) atoms. The average Bonchev–Trinajstić information content (AvgIpc) is 3.32. The summed E-state index contributed by atoms with van der Waals surface area (Å²) in [4.78, 5) is 37.4. The highest BCUT2D eigenvalue weighted by molar-refractivity contribution is 6.39. The predicted molar refractivity (Wildman–Crippen MR) is 88.8 cm³/mol. The highest BCUT2D eigenvalue weighted by Crippen LogP contribution is 2.14. The van der Waals surface area contributed by atoms with Crippen molar-refractivity contribution in [1.82, 2.24) is 25.0 Å². The minimum Gasteiger partial charge on any atom is -0.341 e. The second kappa shape index (κ2) is 7.56. The molecule has 1 aliphatic rings. The van der Waals surface area contributed by atoms with E-state index < -0.39 is 11.8 Å². The zero-order valence-electron chi connectivity index (χ0n) is 13.5. The summed E-state index contributed by atoms with van der Waals surface area (Å²) in [5.74, 6) is -1.84. The Morgan fingerprint density at radius 3 is 2.48 bits per heavy atom. The van der Waals surface area contributed by atoms with Crippen LogP contribution in [-0.2, 0) is 14.4 Å². The van der Waals surface area contributed by atoms with Crippen molar-refractivity contribution in [2.45, 2.75) is 12.8 Å². The normalized spacial score (nSPS) is 13.5. The van der Waals surface area contributed by atoms with E-state index in [1.807, 2.05) is 6.07 Å². The molecule has 0 spiro atoms. The molecule has 0 bridgehead atoms. The SMILES string of the molecule is O=C(NCC(=O)N1CCCC1)C(=O)Nc1cccc(-n2cnnc2)c1. The largest absolute Gasteiger partial charge is 0.341 e. The summed E-state index contributed by atoms with van der Waals surface area (Å²) < 4.78 is 1.67. The number of amides is 3. The van der Waals surface area contributed by atoms with Gasteiger partial charge in [0.15, 0.2) is 0 Å². The summed E-state index contributed by atoms with van der Waals surface area (Å²) >= 11 is 0. The van der Waals surface area contributed by atoms with Gasteiger partial charge >= 0.3 is 11.8 Å². The third kappa shape index (κ3) is 4.19. The Hall–Kier alpha value is -3.23. The van der Waals surface area contributed by atoms with E-state index >= 15 is 0 Å². The molecule has 1 aromatic heterocycles. The molecule has 130 valence electrons. The Balaban J connectivity index is 1.53. The summed E-state index contributed by atoms with van der Waals surface area (Å²) in [5.41, 5.74) is 1.20. The third-order valence-corrected chi connectivity index (χ3v) is 3.89. The lowest BCUT2D eigenvalue weighted by Crippen LogP contribution is -2.42.